The maximum absolute atomic E-state index is 12.4. The molecule has 0 radical (unpaired) electrons. The summed E-state index contributed by atoms with van der Waals surface area (Å²) in [5.41, 5.74) is 9.34. The average molecular weight is 459 g/mol. The van der Waals surface area contributed by atoms with Crippen LogP contribution in [0.25, 0.3) is 0 Å². The third-order valence-electron chi connectivity index (χ3n) is 7.46. The monoisotopic (exact) mass is 458 g/mol. The first-order chi connectivity index (χ1) is 15.7. The van der Waals surface area contributed by atoms with Gasteiger partial charge in [-0.05, 0) is 64.0 Å². The highest BCUT2D eigenvalue weighted by molar-refractivity contribution is 5.69. The van der Waals surface area contributed by atoms with Gasteiger partial charge in [-0.1, -0.05) is 12.8 Å². The highest BCUT2D eigenvalue weighted by Gasteiger charge is 2.32. The number of rotatable bonds is 4. The van der Waals surface area contributed by atoms with E-state index in [0.29, 0.717) is 12.0 Å². The van der Waals surface area contributed by atoms with Crippen LogP contribution in [-0.4, -0.2) is 73.9 Å². The van der Waals surface area contributed by atoms with Crippen LogP contribution in [0.3, 0.4) is 0 Å². The minimum atomic E-state index is -0.441. The molecule has 1 aromatic rings. The zero-order chi connectivity index (χ0) is 23.6. The fraction of sp³-hybridized carbons (Fsp3) is 0.731. The van der Waals surface area contributed by atoms with Crippen LogP contribution in [0.2, 0.25) is 0 Å². The van der Waals surface area contributed by atoms with Gasteiger partial charge < -0.3 is 25.0 Å². The first kappa shape index (κ1) is 24.0. The van der Waals surface area contributed by atoms with Crippen molar-refractivity contribution in [1.29, 1.82) is 0 Å². The Morgan fingerprint density at radius 3 is 2.18 bits per heavy atom. The molecule has 2 saturated heterocycles. The minimum Gasteiger partial charge on any atom is -0.495 e. The number of ether oxygens (including phenoxy) is 2. The molecular weight excluding hydrogens is 416 g/mol. The lowest BCUT2D eigenvalue weighted by atomic mass is 9.93. The van der Waals surface area contributed by atoms with E-state index < -0.39 is 5.60 Å². The molecule has 0 unspecified atom stereocenters. The summed E-state index contributed by atoms with van der Waals surface area (Å²) in [6.07, 6.45) is 7.25. The van der Waals surface area contributed by atoms with E-state index in [0.717, 1.165) is 63.5 Å². The summed E-state index contributed by atoms with van der Waals surface area (Å²) in [4.78, 5) is 19.3. The number of anilines is 2. The highest BCUT2D eigenvalue weighted by atomic mass is 16.6. The minimum absolute atomic E-state index is 0.186. The molecule has 3 aliphatic rings. The summed E-state index contributed by atoms with van der Waals surface area (Å²) in [7, 11) is 1.70. The Balaban J connectivity index is 1.35. The van der Waals surface area contributed by atoms with Crippen LogP contribution in [0.1, 0.15) is 70.8 Å². The number of nitrogens with two attached hydrogens (primary N) is 1. The smallest absolute Gasteiger partial charge is 0.410 e. The van der Waals surface area contributed by atoms with Gasteiger partial charge in [0.1, 0.15) is 11.4 Å². The summed E-state index contributed by atoms with van der Waals surface area (Å²) in [5, 5.41) is 0. The molecule has 2 heterocycles. The van der Waals surface area contributed by atoms with Gasteiger partial charge in [0, 0.05) is 57.1 Å². The topological polar surface area (TPSA) is 71.3 Å². The number of benzene rings is 1. The molecule has 0 bridgehead atoms. The molecule has 1 amide bonds. The van der Waals surface area contributed by atoms with Crippen LogP contribution in [0.4, 0.5) is 16.2 Å². The number of hydrogen-bond donors (Lipinski definition) is 1. The van der Waals surface area contributed by atoms with E-state index >= 15 is 0 Å². The predicted octanol–water partition coefficient (Wildman–Crippen LogP) is 4.46. The van der Waals surface area contributed by atoms with Crippen molar-refractivity contribution in [3.63, 3.8) is 0 Å². The molecule has 7 nitrogen and oxygen atoms in total. The van der Waals surface area contributed by atoms with Gasteiger partial charge in [-0.25, -0.2) is 4.79 Å². The van der Waals surface area contributed by atoms with E-state index in [2.05, 4.69) is 21.9 Å². The summed E-state index contributed by atoms with van der Waals surface area (Å²) >= 11 is 0. The molecule has 0 aromatic heterocycles. The van der Waals surface area contributed by atoms with Gasteiger partial charge in [0.05, 0.1) is 12.8 Å². The Morgan fingerprint density at radius 2 is 1.61 bits per heavy atom. The van der Waals surface area contributed by atoms with Crippen molar-refractivity contribution >= 4 is 17.5 Å². The number of piperazine rings is 1. The van der Waals surface area contributed by atoms with Crippen LogP contribution in [0, 0.1) is 0 Å². The number of carbonyl (C=O) groups excluding carboxylic acids is 1. The Kier molecular flexibility index (Phi) is 7.27. The third-order valence-corrected chi connectivity index (χ3v) is 7.46. The summed E-state index contributed by atoms with van der Waals surface area (Å²) in [6, 6.07) is 4.92. The summed E-state index contributed by atoms with van der Waals surface area (Å²) < 4.78 is 11.1. The summed E-state index contributed by atoms with van der Waals surface area (Å²) in [6.45, 7) is 11.2. The fourth-order valence-corrected chi connectivity index (χ4v) is 5.69. The van der Waals surface area contributed by atoms with E-state index in [-0.39, 0.29) is 6.09 Å². The van der Waals surface area contributed by atoms with E-state index in [9.17, 15) is 4.79 Å². The molecular formula is C26H42N4O3. The Bertz CT molecular complexity index is 816. The first-order valence-electron chi connectivity index (χ1n) is 12.7. The Hall–Kier alpha value is -2.15. The molecule has 33 heavy (non-hydrogen) atoms. The molecule has 1 aliphatic carbocycles. The number of carbonyl (C=O) groups is 1. The van der Waals surface area contributed by atoms with Gasteiger partial charge in [0.15, 0.2) is 0 Å². The number of hydrogen-bond acceptors (Lipinski definition) is 6. The molecule has 0 spiro atoms. The lowest BCUT2D eigenvalue weighted by Crippen LogP contribution is -2.55. The second kappa shape index (κ2) is 10.00. The van der Waals surface area contributed by atoms with Crippen molar-refractivity contribution in [3.05, 3.63) is 17.7 Å². The number of piperidine rings is 1. The zero-order valence-electron chi connectivity index (χ0n) is 20.9. The van der Waals surface area contributed by atoms with Crippen LogP contribution in [0.5, 0.6) is 5.75 Å². The van der Waals surface area contributed by atoms with Crippen molar-refractivity contribution in [3.8, 4) is 5.75 Å². The quantitative estimate of drug-likeness (QED) is 0.672. The van der Waals surface area contributed by atoms with Crippen LogP contribution in [0.15, 0.2) is 12.1 Å². The van der Waals surface area contributed by atoms with Crippen molar-refractivity contribution in [2.24, 2.45) is 0 Å². The van der Waals surface area contributed by atoms with Gasteiger partial charge in [0.2, 0.25) is 0 Å². The average Bonchev–Trinajstić information content (AvgIpc) is 3.33. The molecule has 2 N–H and O–H groups in total. The van der Waals surface area contributed by atoms with Gasteiger partial charge in [0.25, 0.3) is 0 Å². The van der Waals surface area contributed by atoms with E-state index in [1.807, 2.05) is 25.7 Å². The number of nitrogen functional groups attached to an aromatic ring is 1. The van der Waals surface area contributed by atoms with Gasteiger partial charge in [-0.3, -0.25) is 4.90 Å². The number of nitrogens with zero attached hydrogens (tertiary/aromatic N) is 3. The second-order valence-corrected chi connectivity index (χ2v) is 10.9. The SMILES string of the molecule is COc1cc(N2CCC(N3CCN(C(=O)OC(C)(C)C)CC3)CC2)c(C2CCCC2)cc1N. The van der Waals surface area contributed by atoms with Crippen LogP contribution < -0.4 is 15.4 Å². The van der Waals surface area contributed by atoms with E-state index in [1.165, 1.54) is 36.9 Å². The van der Waals surface area contributed by atoms with E-state index in [4.69, 9.17) is 15.2 Å². The zero-order valence-corrected chi connectivity index (χ0v) is 20.9. The van der Waals surface area contributed by atoms with Crippen LogP contribution >= 0.6 is 0 Å². The van der Waals surface area contributed by atoms with Crippen molar-refractivity contribution in [2.45, 2.75) is 76.9 Å². The molecule has 3 fully saturated rings. The van der Waals surface area contributed by atoms with Crippen LogP contribution in [-0.2, 0) is 4.74 Å². The van der Waals surface area contributed by atoms with Gasteiger partial charge in [-0.15, -0.1) is 0 Å². The summed E-state index contributed by atoms with van der Waals surface area (Å²) in [5.74, 6) is 1.40. The fourth-order valence-electron chi connectivity index (χ4n) is 5.69. The normalized spacial score (nSPS) is 21.5. The van der Waals surface area contributed by atoms with Gasteiger partial charge in [-0.2, -0.15) is 0 Å². The molecule has 1 aromatic carbocycles. The third kappa shape index (κ3) is 5.68. The van der Waals surface area contributed by atoms with Crippen molar-refractivity contribution in [2.75, 3.05) is 57.0 Å². The Labute approximate surface area is 199 Å². The molecule has 1 saturated carbocycles. The second-order valence-electron chi connectivity index (χ2n) is 10.9. The molecule has 7 heteroatoms. The Morgan fingerprint density at radius 1 is 0.970 bits per heavy atom. The highest BCUT2D eigenvalue weighted by Crippen LogP contribution is 2.43. The number of amides is 1. The first-order valence-corrected chi connectivity index (χ1v) is 12.7. The molecule has 4 rings (SSSR count). The maximum Gasteiger partial charge on any atom is 0.410 e. The lowest BCUT2D eigenvalue weighted by Gasteiger charge is -2.43. The molecule has 184 valence electrons. The maximum atomic E-state index is 12.4. The molecule has 0 atom stereocenters. The van der Waals surface area contributed by atoms with Crippen molar-refractivity contribution in [1.82, 2.24) is 9.80 Å². The number of methoxy groups -OCH3 is 1. The molecule has 2 aliphatic heterocycles. The van der Waals surface area contributed by atoms with Crippen molar-refractivity contribution < 1.29 is 14.3 Å². The largest absolute Gasteiger partial charge is 0.495 e. The van der Waals surface area contributed by atoms with E-state index in [1.54, 1.807) is 7.11 Å². The van der Waals surface area contributed by atoms with Gasteiger partial charge >= 0.3 is 6.09 Å². The predicted molar refractivity (Wildman–Crippen MR) is 133 cm³/mol. The lowest BCUT2D eigenvalue weighted by molar-refractivity contribution is 0.00902. The standard InChI is InChI=1S/C26H42N4O3/c1-26(2,3)33-25(31)30-15-13-28(14-16-30)20-9-11-29(12-10-20)23-18-24(32-4)22(27)17-21(23)19-7-5-6-8-19/h17-20H,5-16,27H2,1-4H3.